The molecule has 2 rings (SSSR count). The number of hydrogen-bond acceptors (Lipinski definition) is 3. The number of nitrogens with zero attached hydrogens (tertiary/aromatic N) is 2. The molecule has 1 fully saturated rings. The topological polar surface area (TPSA) is 31.9 Å². The minimum atomic E-state index is 0.0276. The van der Waals surface area contributed by atoms with Crippen molar-refractivity contribution in [2.24, 2.45) is 0 Å². The van der Waals surface area contributed by atoms with Crippen LogP contribution in [0.25, 0.3) is 0 Å². The molecule has 0 amide bonds. The van der Waals surface area contributed by atoms with Crippen molar-refractivity contribution < 1.29 is 0 Å². The first-order chi connectivity index (χ1) is 8.39. The predicted molar refractivity (Wildman–Crippen MR) is 81.9 cm³/mol. The van der Waals surface area contributed by atoms with Crippen LogP contribution in [-0.2, 0) is 5.41 Å². The number of aromatic nitrogens is 2. The van der Waals surface area contributed by atoms with E-state index in [1.54, 1.807) is 0 Å². The van der Waals surface area contributed by atoms with Crippen LogP contribution >= 0.6 is 28.1 Å². The van der Waals surface area contributed by atoms with E-state index in [0.717, 1.165) is 29.2 Å². The molecule has 0 aliphatic carbocycles. The SMILES string of the molecule is CC(C)(C)c1[nH]c(N2CCCCC2)nc(=S)c1Br. The third-order valence-electron chi connectivity index (χ3n) is 3.26. The van der Waals surface area contributed by atoms with Gasteiger partial charge in [0.25, 0.3) is 0 Å². The lowest BCUT2D eigenvalue weighted by Crippen LogP contribution is -2.32. The normalized spacial score (nSPS) is 17.0. The number of halogens is 1. The molecule has 18 heavy (non-hydrogen) atoms. The lowest BCUT2D eigenvalue weighted by atomic mass is 9.92. The zero-order valence-corrected chi connectivity index (χ0v) is 13.6. The Hall–Kier alpha value is -0.420. The molecule has 1 aliphatic heterocycles. The van der Waals surface area contributed by atoms with Crippen molar-refractivity contribution in [1.29, 1.82) is 0 Å². The van der Waals surface area contributed by atoms with Crippen LogP contribution in [0.4, 0.5) is 5.95 Å². The molecule has 1 N–H and O–H groups in total. The Kier molecular flexibility index (Phi) is 4.11. The summed E-state index contributed by atoms with van der Waals surface area (Å²) in [6, 6.07) is 0. The van der Waals surface area contributed by atoms with Crippen LogP contribution < -0.4 is 4.90 Å². The molecule has 1 aromatic heterocycles. The molecule has 1 aromatic rings. The third-order valence-corrected chi connectivity index (χ3v) is 4.59. The van der Waals surface area contributed by atoms with Gasteiger partial charge in [-0.3, -0.25) is 0 Å². The number of H-pyrrole nitrogens is 1. The molecule has 1 aliphatic rings. The first-order valence-corrected chi connectivity index (χ1v) is 7.65. The molecule has 2 heterocycles. The molecular formula is C13H20BrN3S. The van der Waals surface area contributed by atoms with Gasteiger partial charge in [-0.1, -0.05) is 33.0 Å². The first-order valence-electron chi connectivity index (χ1n) is 6.45. The van der Waals surface area contributed by atoms with Crippen molar-refractivity contribution in [2.45, 2.75) is 45.4 Å². The highest BCUT2D eigenvalue weighted by Crippen LogP contribution is 2.30. The summed E-state index contributed by atoms with van der Waals surface area (Å²) in [4.78, 5) is 10.3. The molecule has 3 nitrogen and oxygen atoms in total. The quantitative estimate of drug-likeness (QED) is 0.784. The summed E-state index contributed by atoms with van der Waals surface area (Å²) in [5.41, 5.74) is 1.16. The van der Waals surface area contributed by atoms with Crippen molar-refractivity contribution >= 4 is 34.1 Å². The van der Waals surface area contributed by atoms with E-state index in [1.807, 2.05) is 0 Å². The Morgan fingerprint density at radius 1 is 1.22 bits per heavy atom. The van der Waals surface area contributed by atoms with Crippen LogP contribution in [-0.4, -0.2) is 23.1 Å². The summed E-state index contributed by atoms with van der Waals surface area (Å²) in [6.07, 6.45) is 3.80. The Balaban J connectivity index is 2.44. The maximum atomic E-state index is 5.36. The van der Waals surface area contributed by atoms with Gasteiger partial charge in [0.15, 0.2) is 0 Å². The third kappa shape index (κ3) is 2.94. The molecule has 0 saturated carbocycles. The van der Waals surface area contributed by atoms with Crippen molar-refractivity contribution in [3.8, 4) is 0 Å². The van der Waals surface area contributed by atoms with Crippen molar-refractivity contribution in [2.75, 3.05) is 18.0 Å². The van der Waals surface area contributed by atoms with Gasteiger partial charge in [0.1, 0.15) is 4.64 Å². The summed E-state index contributed by atoms with van der Waals surface area (Å²) < 4.78 is 1.57. The summed E-state index contributed by atoms with van der Waals surface area (Å²) in [5, 5.41) is 0. The minimum absolute atomic E-state index is 0.0276. The maximum Gasteiger partial charge on any atom is 0.204 e. The second kappa shape index (κ2) is 5.29. The summed E-state index contributed by atoms with van der Waals surface area (Å²) in [6.45, 7) is 8.68. The molecule has 0 radical (unpaired) electrons. The number of nitrogens with one attached hydrogen (secondary N) is 1. The Labute approximate surface area is 122 Å². The van der Waals surface area contributed by atoms with Crippen LogP contribution in [0.2, 0.25) is 0 Å². The minimum Gasteiger partial charge on any atom is -0.342 e. The summed E-state index contributed by atoms with van der Waals surface area (Å²) >= 11 is 8.92. The molecule has 5 heteroatoms. The lowest BCUT2D eigenvalue weighted by molar-refractivity contribution is 0.544. The monoisotopic (exact) mass is 329 g/mol. The van der Waals surface area contributed by atoms with Crippen molar-refractivity contribution in [3.05, 3.63) is 14.8 Å². The standard InChI is InChI=1S/C13H20BrN3S/c1-13(2,3)10-9(14)11(18)16-12(15-10)17-7-5-4-6-8-17/h4-8H2,1-3H3,(H,15,16,18). The van der Waals surface area contributed by atoms with Gasteiger partial charge in [0, 0.05) is 24.2 Å². The van der Waals surface area contributed by atoms with E-state index in [4.69, 9.17) is 12.2 Å². The average molecular weight is 330 g/mol. The van der Waals surface area contributed by atoms with E-state index >= 15 is 0 Å². The van der Waals surface area contributed by atoms with Gasteiger partial charge >= 0.3 is 0 Å². The molecule has 1 saturated heterocycles. The average Bonchev–Trinajstić information content (AvgIpc) is 2.32. The van der Waals surface area contributed by atoms with Crippen LogP contribution in [0.15, 0.2) is 4.47 Å². The second-order valence-electron chi connectivity index (χ2n) is 5.85. The van der Waals surface area contributed by atoms with Crippen molar-refractivity contribution in [3.63, 3.8) is 0 Å². The molecule has 100 valence electrons. The van der Waals surface area contributed by atoms with Crippen LogP contribution in [0.5, 0.6) is 0 Å². The summed E-state index contributed by atoms with van der Waals surface area (Å²) in [5.74, 6) is 0.924. The Morgan fingerprint density at radius 2 is 1.83 bits per heavy atom. The van der Waals surface area contributed by atoms with Gasteiger partial charge in [0.05, 0.1) is 4.47 Å². The molecular weight excluding hydrogens is 310 g/mol. The van der Waals surface area contributed by atoms with Crippen LogP contribution in [0.1, 0.15) is 45.7 Å². The highest BCUT2D eigenvalue weighted by atomic mass is 79.9. The van der Waals surface area contributed by atoms with E-state index in [2.05, 4.69) is 51.6 Å². The van der Waals surface area contributed by atoms with Crippen LogP contribution in [0.3, 0.4) is 0 Å². The molecule has 0 spiro atoms. The number of piperidine rings is 1. The molecule has 0 unspecified atom stereocenters. The number of rotatable bonds is 1. The smallest absolute Gasteiger partial charge is 0.204 e. The van der Waals surface area contributed by atoms with E-state index in [0.29, 0.717) is 4.64 Å². The fraction of sp³-hybridized carbons (Fsp3) is 0.692. The highest BCUT2D eigenvalue weighted by molar-refractivity contribution is 9.10. The van der Waals surface area contributed by atoms with E-state index in [1.165, 1.54) is 19.3 Å². The number of hydrogen-bond donors (Lipinski definition) is 1. The van der Waals surface area contributed by atoms with Gasteiger partial charge in [-0.2, -0.15) is 0 Å². The predicted octanol–water partition coefficient (Wildman–Crippen LogP) is 4.19. The first kappa shape index (κ1) is 14.0. The maximum absolute atomic E-state index is 5.36. The summed E-state index contributed by atoms with van der Waals surface area (Å²) in [7, 11) is 0. The van der Waals surface area contributed by atoms with Gasteiger partial charge in [-0.05, 0) is 35.2 Å². The fourth-order valence-electron chi connectivity index (χ4n) is 2.22. The Bertz CT molecular complexity index is 484. The number of anilines is 1. The Morgan fingerprint density at radius 3 is 2.39 bits per heavy atom. The van der Waals surface area contributed by atoms with Gasteiger partial charge in [-0.25, -0.2) is 4.98 Å². The zero-order valence-electron chi connectivity index (χ0n) is 11.2. The molecule has 0 atom stereocenters. The zero-order chi connectivity index (χ0) is 13.3. The molecule has 0 aromatic carbocycles. The number of aromatic amines is 1. The van der Waals surface area contributed by atoms with Gasteiger partial charge in [0.2, 0.25) is 5.95 Å². The van der Waals surface area contributed by atoms with Gasteiger partial charge in [-0.15, -0.1) is 0 Å². The second-order valence-corrected chi connectivity index (χ2v) is 7.03. The lowest BCUT2D eigenvalue weighted by Gasteiger charge is -2.29. The van der Waals surface area contributed by atoms with Gasteiger partial charge < -0.3 is 9.88 Å². The highest BCUT2D eigenvalue weighted by Gasteiger charge is 2.22. The van der Waals surface area contributed by atoms with E-state index in [-0.39, 0.29) is 5.41 Å². The largest absolute Gasteiger partial charge is 0.342 e. The van der Waals surface area contributed by atoms with E-state index in [9.17, 15) is 0 Å². The molecule has 0 bridgehead atoms. The fourth-order valence-corrected chi connectivity index (χ4v) is 3.19. The van der Waals surface area contributed by atoms with Crippen LogP contribution in [0, 0.1) is 4.64 Å². The van der Waals surface area contributed by atoms with E-state index < -0.39 is 0 Å². The van der Waals surface area contributed by atoms with Crippen molar-refractivity contribution in [1.82, 2.24) is 9.97 Å².